The molecule has 3 heteroatoms. The molecule has 0 amide bonds. The Morgan fingerprint density at radius 1 is 0.467 bits per heavy atom. The van der Waals surface area contributed by atoms with Gasteiger partial charge in [-0.25, -0.2) is 0 Å². The molecule has 0 unspecified atom stereocenters. The van der Waals surface area contributed by atoms with Crippen molar-refractivity contribution in [2.45, 2.75) is 40.0 Å². The van der Waals surface area contributed by atoms with Crippen LogP contribution in [0.5, 0.6) is 11.5 Å². The molecular formula is C57H46N2O. The number of hydrogen-bond donors (Lipinski definition) is 0. The van der Waals surface area contributed by atoms with E-state index in [0.717, 1.165) is 44.7 Å². The van der Waals surface area contributed by atoms with Crippen LogP contribution in [0.3, 0.4) is 0 Å². The Balaban J connectivity index is 0.000000154. The van der Waals surface area contributed by atoms with Crippen LogP contribution in [0.1, 0.15) is 41.7 Å². The third-order valence-corrected chi connectivity index (χ3v) is 12.2. The Hall–Kier alpha value is -7.23. The smallest absolute Gasteiger partial charge is 0.139 e. The zero-order valence-electron chi connectivity index (χ0n) is 34.7. The lowest BCUT2D eigenvalue weighted by molar-refractivity contribution is 0.487. The first-order valence-corrected chi connectivity index (χ1v) is 20.8. The van der Waals surface area contributed by atoms with Gasteiger partial charge in [0.15, 0.2) is 0 Å². The van der Waals surface area contributed by atoms with Crippen molar-refractivity contribution < 1.29 is 4.74 Å². The van der Waals surface area contributed by atoms with Crippen molar-refractivity contribution in [3.05, 3.63) is 216 Å². The van der Waals surface area contributed by atoms with Crippen LogP contribution in [0.2, 0.25) is 0 Å². The summed E-state index contributed by atoms with van der Waals surface area (Å²) in [6.45, 7) is 11.0. The van der Waals surface area contributed by atoms with Gasteiger partial charge in [0.25, 0.3) is 0 Å². The number of aryl methyl sites for hydroxylation is 3. The molecule has 10 aromatic rings. The highest BCUT2D eigenvalue weighted by Gasteiger charge is 2.34. The van der Waals surface area contributed by atoms with E-state index < -0.39 is 0 Å². The highest BCUT2D eigenvalue weighted by molar-refractivity contribution is 6.14. The lowest BCUT2D eigenvalue weighted by Crippen LogP contribution is -2.14. The van der Waals surface area contributed by atoms with Crippen LogP contribution < -0.4 is 4.74 Å². The lowest BCUT2D eigenvalue weighted by atomic mass is 9.82. The van der Waals surface area contributed by atoms with E-state index in [9.17, 15) is 0 Å². The number of benzene rings is 8. The molecule has 3 heterocycles. The fraction of sp³-hybridized carbons (Fsp3) is 0.105. The monoisotopic (exact) mass is 774 g/mol. The van der Waals surface area contributed by atoms with Crippen LogP contribution in [0.15, 0.2) is 188 Å². The highest BCUT2D eigenvalue weighted by Crippen LogP contribution is 2.50. The Morgan fingerprint density at radius 3 is 1.90 bits per heavy atom. The van der Waals surface area contributed by atoms with Crippen molar-refractivity contribution >= 4 is 32.6 Å². The molecule has 290 valence electrons. The van der Waals surface area contributed by atoms with Gasteiger partial charge in [0.1, 0.15) is 11.5 Å². The Kier molecular flexibility index (Phi) is 9.18. The molecule has 0 N–H and O–H groups in total. The lowest BCUT2D eigenvalue weighted by Gasteiger charge is -2.21. The Bertz CT molecular complexity index is 3210. The summed E-state index contributed by atoms with van der Waals surface area (Å²) in [5, 5.41) is 4.62. The summed E-state index contributed by atoms with van der Waals surface area (Å²) in [6.07, 6.45) is 1.89. The largest absolute Gasteiger partial charge is 0.456 e. The predicted molar refractivity (Wildman–Crippen MR) is 252 cm³/mol. The predicted octanol–water partition coefficient (Wildman–Crippen LogP) is 15.4. The minimum Gasteiger partial charge on any atom is -0.456 e. The van der Waals surface area contributed by atoms with Crippen LogP contribution in [-0.4, -0.2) is 9.55 Å². The zero-order chi connectivity index (χ0) is 41.0. The number of nitrogens with zero attached hydrogens (tertiary/aromatic N) is 2. The minimum absolute atomic E-state index is 0.151. The molecule has 0 saturated heterocycles. The van der Waals surface area contributed by atoms with Gasteiger partial charge in [-0.2, -0.15) is 0 Å². The molecule has 8 aromatic carbocycles. The number of ether oxygens (including phenoxy) is 1. The van der Waals surface area contributed by atoms with Gasteiger partial charge in [-0.3, -0.25) is 4.98 Å². The van der Waals surface area contributed by atoms with Gasteiger partial charge in [0.2, 0.25) is 0 Å². The average Bonchev–Trinajstić information content (AvgIpc) is 3.71. The Morgan fingerprint density at radius 2 is 1.13 bits per heavy atom. The molecule has 60 heavy (non-hydrogen) atoms. The standard InChI is InChI=1S/C34H22N2O.C16H16.C7H8/c1-21-10-12-22(13-11-21)24-14-15-29-26(18-24)27-19-28-32(20-30(27)36(29)25-7-3-2-4-8-25)37-31-9-5-6-23-16-17-35-34(28)33(23)31;1-11-8-9-13-12-6-4-5-7-14(12)16(2,3)15(13)10-11;1-7-5-3-2-4-6-7/h2-20H,1H3;4-10H,1-3H3;2-6H,1H3. The maximum atomic E-state index is 6.50. The van der Waals surface area contributed by atoms with Gasteiger partial charge >= 0.3 is 0 Å². The van der Waals surface area contributed by atoms with Gasteiger partial charge in [-0.15, -0.1) is 0 Å². The maximum absolute atomic E-state index is 6.50. The van der Waals surface area contributed by atoms with Crippen LogP contribution in [-0.2, 0) is 5.41 Å². The van der Waals surface area contributed by atoms with Gasteiger partial charge in [0.05, 0.1) is 22.1 Å². The van der Waals surface area contributed by atoms with Crippen LogP contribution in [0.25, 0.3) is 71.8 Å². The fourth-order valence-electron chi connectivity index (χ4n) is 9.05. The fourth-order valence-corrected chi connectivity index (χ4v) is 9.05. The number of hydrogen-bond acceptors (Lipinski definition) is 2. The van der Waals surface area contributed by atoms with Gasteiger partial charge in [0, 0.05) is 39.7 Å². The zero-order valence-corrected chi connectivity index (χ0v) is 34.7. The van der Waals surface area contributed by atoms with Crippen molar-refractivity contribution in [3.8, 4) is 50.7 Å². The molecule has 0 saturated carbocycles. The van der Waals surface area contributed by atoms with Crippen molar-refractivity contribution in [2.75, 3.05) is 0 Å². The number of para-hydroxylation sites is 1. The van der Waals surface area contributed by atoms with Crippen LogP contribution >= 0.6 is 0 Å². The molecule has 0 radical (unpaired) electrons. The van der Waals surface area contributed by atoms with E-state index in [0.29, 0.717) is 0 Å². The van der Waals surface area contributed by atoms with E-state index >= 15 is 0 Å². The summed E-state index contributed by atoms with van der Waals surface area (Å²) >= 11 is 0. The third kappa shape index (κ3) is 6.44. The van der Waals surface area contributed by atoms with E-state index in [1.165, 1.54) is 66.4 Å². The quantitative estimate of drug-likeness (QED) is 0.175. The molecule has 3 nitrogen and oxygen atoms in total. The number of pyridine rings is 1. The average molecular weight is 775 g/mol. The first-order chi connectivity index (χ1) is 29.2. The molecule has 2 aromatic heterocycles. The maximum Gasteiger partial charge on any atom is 0.139 e. The second-order valence-corrected chi connectivity index (χ2v) is 16.6. The van der Waals surface area contributed by atoms with Crippen molar-refractivity contribution in [3.63, 3.8) is 0 Å². The van der Waals surface area contributed by atoms with Crippen LogP contribution in [0, 0.1) is 20.8 Å². The normalized spacial score (nSPS) is 12.7. The van der Waals surface area contributed by atoms with E-state index in [1.807, 2.05) is 42.6 Å². The molecular weight excluding hydrogens is 729 g/mol. The van der Waals surface area contributed by atoms with E-state index in [-0.39, 0.29) is 5.41 Å². The number of aromatic nitrogens is 2. The topological polar surface area (TPSA) is 27.1 Å². The van der Waals surface area contributed by atoms with E-state index in [4.69, 9.17) is 9.72 Å². The molecule has 0 fully saturated rings. The number of fused-ring (bicyclic) bond motifs is 8. The summed E-state index contributed by atoms with van der Waals surface area (Å²) in [4.78, 5) is 4.82. The number of rotatable bonds is 2. The molecule has 2 aliphatic rings. The first-order valence-electron chi connectivity index (χ1n) is 20.8. The summed E-state index contributed by atoms with van der Waals surface area (Å²) in [5.41, 5.74) is 17.7. The molecule has 12 rings (SSSR count). The molecule has 1 aliphatic carbocycles. The molecule has 0 atom stereocenters. The summed E-state index contributed by atoms with van der Waals surface area (Å²) in [6, 6.07) is 64.6. The summed E-state index contributed by atoms with van der Waals surface area (Å²) in [5.74, 6) is 1.70. The SMILES string of the molecule is Cc1ccc(-c2ccc3c(c2)c2cc4c(cc2n3-c2ccccc2)Oc2cccc3ccnc-4c23)cc1.Cc1ccc2c(c1)C(C)(C)c1ccccc1-2.Cc1ccccc1. The second-order valence-electron chi connectivity index (χ2n) is 16.6. The molecule has 0 spiro atoms. The van der Waals surface area contributed by atoms with Crippen LogP contribution in [0.4, 0.5) is 0 Å². The Labute approximate surface area is 352 Å². The second kappa shape index (κ2) is 14.9. The van der Waals surface area contributed by atoms with Gasteiger partial charge in [-0.05, 0) is 102 Å². The van der Waals surface area contributed by atoms with Crippen molar-refractivity contribution in [1.29, 1.82) is 0 Å². The van der Waals surface area contributed by atoms with E-state index in [1.54, 1.807) is 0 Å². The highest BCUT2D eigenvalue weighted by atomic mass is 16.5. The first kappa shape index (κ1) is 37.1. The van der Waals surface area contributed by atoms with E-state index in [2.05, 4.69) is 185 Å². The molecule has 0 bridgehead atoms. The van der Waals surface area contributed by atoms with Gasteiger partial charge in [-0.1, -0.05) is 164 Å². The summed E-state index contributed by atoms with van der Waals surface area (Å²) < 4.78 is 8.83. The van der Waals surface area contributed by atoms with Crippen molar-refractivity contribution in [1.82, 2.24) is 9.55 Å². The minimum atomic E-state index is 0.151. The summed E-state index contributed by atoms with van der Waals surface area (Å²) in [7, 11) is 0. The van der Waals surface area contributed by atoms with Gasteiger partial charge < -0.3 is 9.30 Å². The van der Waals surface area contributed by atoms with Crippen molar-refractivity contribution in [2.24, 2.45) is 0 Å². The molecule has 1 aliphatic heterocycles. The third-order valence-electron chi connectivity index (χ3n) is 12.2.